The molecule has 2 aliphatic rings. The summed E-state index contributed by atoms with van der Waals surface area (Å²) in [5.74, 6) is -0.718. The van der Waals surface area contributed by atoms with E-state index in [9.17, 15) is 18.8 Å². The van der Waals surface area contributed by atoms with Gasteiger partial charge in [-0.25, -0.2) is 14.1 Å². The van der Waals surface area contributed by atoms with Crippen molar-refractivity contribution in [3.8, 4) is 0 Å². The van der Waals surface area contributed by atoms with Crippen LogP contribution in [0.25, 0.3) is 0 Å². The molecule has 1 saturated carbocycles. The first-order chi connectivity index (χ1) is 13.4. The van der Waals surface area contributed by atoms with Gasteiger partial charge in [-0.3, -0.25) is 14.5 Å². The number of nitrogens with one attached hydrogen (secondary N) is 2. The molecule has 1 aliphatic carbocycles. The molecule has 1 aliphatic heterocycles. The Morgan fingerprint density at radius 2 is 1.89 bits per heavy atom. The monoisotopic (exact) mass is 390 g/mol. The number of hydrogen-bond acceptors (Lipinski definition) is 4. The van der Waals surface area contributed by atoms with E-state index in [0.717, 1.165) is 24.8 Å². The van der Waals surface area contributed by atoms with Gasteiger partial charge < -0.3 is 10.6 Å². The van der Waals surface area contributed by atoms with E-state index in [0.29, 0.717) is 25.9 Å². The summed E-state index contributed by atoms with van der Waals surface area (Å²) in [6.07, 6.45) is 4.31. The predicted molar refractivity (Wildman–Crippen MR) is 102 cm³/mol. The van der Waals surface area contributed by atoms with Crippen LogP contribution in [0.3, 0.4) is 0 Å². The average molecular weight is 390 g/mol. The maximum atomic E-state index is 12.9. The fourth-order valence-corrected chi connectivity index (χ4v) is 3.82. The molecule has 152 valence electrons. The van der Waals surface area contributed by atoms with Crippen LogP contribution in [0.1, 0.15) is 44.6 Å². The van der Waals surface area contributed by atoms with Crippen LogP contribution in [0.2, 0.25) is 0 Å². The number of amides is 4. The third-order valence-corrected chi connectivity index (χ3v) is 5.51. The molecule has 1 saturated heterocycles. The molecular weight excluding hydrogens is 363 g/mol. The molecule has 7 nitrogen and oxygen atoms in total. The Morgan fingerprint density at radius 1 is 1.21 bits per heavy atom. The van der Waals surface area contributed by atoms with Crippen LogP contribution >= 0.6 is 0 Å². The topological polar surface area (TPSA) is 81.8 Å². The van der Waals surface area contributed by atoms with E-state index in [1.54, 1.807) is 17.0 Å². The second-order valence-corrected chi connectivity index (χ2v) is 7.50. The first kappa shape index (κ1) is 20.3. The van der Waals surface area contributed by atoms with E-state index in [4.69, 9.17) is 0 Å². The van der Waals surface area contributed by atoms with Gasteiger partial charge in [-0.1, -0.05) is 38.3 Å². The third-order valence-electron chi connectivity index (χ3n) is 5.51. The lowest BCUT2D eigenvalue weighted by Crippen LogP contribution is -2.49. The molecule has 1 spiro atoms. The van der Waals surface area contributed by atoms with Gasteiger partial charge in [0.05, 0.1) is 13.2 Å². The third kappa shape index (κ3) is 4.49. The lowest BCUT2D eigenvalue weighted by atomic mass is 9.82. The van der Waals surface area contributed by atoms with Crippen LogP contribution in [0.15, 0.2) is 24.3 Å². The quantitative estimate of drug-likeness (QED) is 0.698. The van der Waals surface area contributed by atoms with Crippen molar-refractivity contribution in [2.45, 2.75) is 51.1 Å². The highest BCUT2D eigenvalue weighted by Gasteiger charge is 2.51. The Bertz CT molecular complexity index is 731. The lowest BCUT2D eigenvalue weighted by molar-refractivity contribution is -0.135. The average Bonchev–Trinajstić information content (AvgIpc) is 2.91. The number of rotatable bonds is 7. The van der Waals surface area contributed by atoms with Crippen molar-refractivity contribution < 1.29 is 18.8 Å². The standard InChI is InChI=1S/C20H27FN4O3/c1-2-24(13-17(26)22-12-15-6-8-16(21)9-7-15)14-25-18(27)20(23-19(25)28)10-4-3-5-11-20/h6-9H,2-5,10-14H2,1H3,(H,22,26)(H,23,28). The SMILES string of the molecule is CCN(CC(=O)NCc1ccc(F)cc1)CN1C(=O)NC2(CCCCC2)C1=O. The highest BCUT2D eigenvalue weighted by Crippen LogP contribution is 2.33. The molecule has 0 unspecified atom stereocenters. The number of benzene rings is 1. The zero-order chi connectivity index (χ0) is 20.1. The number of carbonyl (C=O) groups is 3. The van der Waals surface area contributed by atoms with Crippen molar-refractivity contribution in [1.29, 1.82) is 0 Å². The summed E-state index contributed by atoms with van der Waals surface area (Å²) in [5, 5.41) is 5.66. The van der Waals surface area contributed by atoms with Crippen molar-refractivity contribution in [1.82, 2.24) is 20.4 Å². The predicted octanol–water partition coefficient (Wildman–Crippen LogP) is 1.98. The fourth-order valence-electron chi connectivity index (χ4n) is 3.82. The van der Waals surface area contributed by atoms with Gasteiger partial charge in [0.15, 0.2) is 0 Å². The number of likely N-dealkylation sites (N-methyl/N-ethyl adjacent to an activating group) is 1. The van der Waals surface area contributed by atoms with Crippen molar-refractivity contribution in [3.63, 3.8) is 0 Å². The molecule has 28 heavy (non-hydrogen) atoms. The normalized spacial score (nSPS) is 18.6. The summed E-state index contributed by atoms with van der Waals surface area (Å²) in [6, 6.07) is 5.54. The van der Waals surface area contributed by atoms with E-state index in [-0.39, 0.29) is 36.9 Å². The molecule has 3 rings (SSSR count). The van der Waals surface area contributed by atoms with E-state index in [1.807, 2.05) is 6.92 Å². The molecule has 0 radical (unpaired) electrons. The number of carbonyl (C=O) groups excluding carboxylic acids is 3. The molecule has 0 aromatic heterocycles. The van der Waals surface area contributed by atoms with E-state index < -0.39 is 5.54 Å². The number of nitrogens with zero attached hydrogens (tertiary/aromatic N) is 2. The highest BCUT2D eigenvalue weighted by molar-refractivity contribution is 6.07. The summed E-state index contributed by atoms with van der Waals surface area (Å²) in [5.41, 5.74) is 0.0469. The molecule has 2 fully saturated rings. The van der Waals surface area contributed by atoms with E-state index in [1.165, 1.54) is 17.0 Å². The molecule has 1 aromatic rings. The minimum atomic E-state index is -0.750. The van der Waals surface area contributed by atoms with Gasteiger partial charge in [0, 0.05) is 6.54 Å². The van der Waals surface area contributed by atoms with Crippen molar-refractivity contribution >= 4 is 17.8 Å². The van der Waals surface area contributed by atoms with Gasteiger partial charge in [-0.2, -0.15) is 0 Å². The van der Waals surface area contributed by atoms with Crippen LogP contribution in [0.5, 0.6) is 0 Å². The molecule has 2 N–H and O–H groups in total. The summed E-state index contributed by atoms with van der Waals surface area (Å²) in [4.78, 5) is 40.4. The van der Waals surface area contributed by atoms with Gasteiger partial charge in [0.25, 0.3) is 5.91 Å². The first-order valence-electron chi connectivity index (χ1n) is 9.81. The summed E-state index contributed by atoms with van der Waals surface area (Å²) >= 11 is 0. The Morgan fingerprint density at radius 3 is 2.54 bits per heavy atom. The summed E-state index contributed by atoms with van der Waals surface area (Å²) in [6.45, 7) is 2.85. The zero-order valence-corrected chi connectivity index (χ0v) is 16.2. The number of halogens is 1. The first-order valence-corrected chi connectivity index (χ1v) is 9.81. The van der Waals surface area contributed by atoms with E-state index in [2.05, 4.69) is 10.6 Å². The molecule has 0 bridgehead atoms. The van der Waals surface area contributed by atoms with Gasteiger partial charge in [-0.15, -0.1) is 0 Å². The zero-order valence-electron chi connectivity index (χ0n) is 16.2. The minimum absolute atomic E-state index is 0.0712. The largest absolute Gasteiger partial charge is 0.351 e. The van der Waals surface area contributed by atoms with Crippen LogP contribution in [-0.2, 0) is 16.1 Å². The Kier molecular flexibility index (Phi) is 6.28. The van der Waals surface area contributed by atoms with Gasteiger partial charge in [0.2, 0.25) is 5.91 Å². The van der Waals surface area contributed by atoms with Crippen molar-refractivity contribution in [2.75, 3.05) is 19.8 Å². The van der Waals surface area contributed by atoms with Crippen LogP contribution in [0, 0.1) is 5.82 Å². The molecule has 1 aromatic carbocycles. The van der Waals surface area contributed by atoms with Crippen LogP contribution in [0.4, 0.5) is 9.18 Å². The number of hydrogen-bond donors (Lipinski definition) is 2. The maximum Gasteiger partial charge on any atom is 0.326 e. The molecule has 1 heterocycles. The Labute approximate surface area is 164 Å². The van der Waals surface area contributed by atoms with Crippen molar-refractivity contribution in [3.05, 3.63) is 35.6 Å². The fraction of sp³-hybridized carbons (Fsp3) is 0.550. The van der Waals surface area contributed by atoms with E-state index >= 15 is 0 Å². The second-order valence-electron chi connectivity index (χ2n) is 7.50. The number of urea groups is 1. The molecule has 0 atom stereocenters. The van der Waals surface area contributed by atoms with Crippen LogP contribution < -0.4 is 10.6 Å². The number of imide groups is 1. The maximum absolute atomic E-state index is 12.9. The lowest BCUT2D eigenvalue weighted by Gasteiger charge is -2.31. The van der Waals surface area contributed by atoms with Gasteiger partial charge in [-0.05, 0) is 37.1 Å². The van der Waals surface area contributed by atoms with Crippen LogP contribution in [-0.4, -0.2) is 52.9 Å². The second kappa shape index (κ2) is 8.68. The molecule has 8 heteroatoms. The van der Waals surface area contributed by atoms with Gasteiger partial charge >= 0.3 is 6.03 Å². The van der Waals surface area contributed by atoms with Gasteiger partial charge in [0.1, 0.15) is 11.4 Å². The summed E-state index contributed by atoms with van der Waals surface area (Å²) < 4.78 is 12.9. The molecule has 4 amide bonds. The minimum Gasteiger partial charge on any atom is -0.351 e. The summed E-state index contributed by atoms with van der Waals surface area (Å²) in [7, 11) is 0. The Balaban J connectivity index is 1.53. The Hall–Kier alpha value is -2.48. The van der Waals surface area contributed by atoms with Crippen molar-refractivity contribution in [2.24, 2.45) is 0 Å². The molecular formula is C20H27FN4O3. The smallest absolute Gasteiger partial charge is 0.326 e. The highest BCUT2D eigenvalue weighted by atomic mass is 19.1.